The average Bonchev–Trinajstić information content (AvgIpc) is 3.23. The minimum atomic E-state index is -0.585. The van der Waals surface area contributed by atoms with Crippen molar-refractivity contribution < 1.29 is 28.6 Å². The second kappa shape index (κ2) is 10.1. The maximum absolute atomic E-state index is 12.6. The third kappa shape index (κ3) is 6.03. The first kappa shape index (κ1) is 23.7. The zero-order chi connectivity index (χ0) is 23.3. The zero-order valence-corrected chi connectivity index (χ0v) is 19.4. The SMILES string of the molecule is C[C@H](Sc1ccccc1C(=O)OCC(=O)C(C)(C)C)C(=O)NCc1ccc2c(c1)OCO2. The number of amides is 1. The Morgan fingerprint density at radius 3 is 2.56 bits per heavy atom. The molecule has 0 fully saturated rings. The van der Waals surface area contributed by atoms with Gasteiger partial charge in [0.25, 0.3) is 0 Å². The molecule has 3 rings (SSSR count). The molecule has 170 valence electrons. The van der Waals surface area contributed by atoms with E-state index in [9.17, 15) is 14.4 Å². The van der Waals surface area contributed by atoms with Gasteiger partial charge >= 0.3 is 5.97 Å². The van der Waals surface area contributed by atoms with E-state index in [1.807, 2.05) is 18.2 Å². The Balaban J connectivity index is 1.57. The van der Waals surface area contributed by atoms with E-state index >= 15 is 0 Å². The smallest absolute Gasteiger partial charge is 0.339 e. The summed E-state index contributed by atoms with van der Waals surface area (Å²) in [7, 11) is 0. The Morgan fingerprint density at radius 1 is 1.09 bits per heavy atom. The number of hydrogen-bond donors (Lipinski definition) is 1. The maximum Gasteiger partial charge on any atom is 0.339 e. The van der Waals surface area contributed by atoms with Gasteiger partial charge in [-0.2, -0.15) is 0 Å². The fourth-order valence-corrected chi connectivity index (χ4v) is 3.80. The molecule has 2 aromatic carbocycles. The lowest BCUT2D eigenvalue weighted by molar-refractivity contribution is -0.129. The molecule has 0 spiro atoms. The van der Waals surface area contributed by atoms with Gasteiger partial charge in [0.2, 0.25) is 12.7 Å². The van der Waals surface area contributed by atoms with Crippen LogP contribution in [0.2, 0.25) is 0 Å². The molecule has 0 unspecified atom stereocenters. The predicted molar refractivity (Wildman–Crippen MR) is 121 cm³/mol. The Morgan fingerprint density at radius 2 is 1.81 bits per heavy atom. The highest BCUT2D eigenvalue weighted by molar-refractivity contribution is 8.00. The highest BCUT2D eigenvalue weighted by atomic mass is 32.2. The number of fused-ring (bicyclic) bond motifs is 1. The van der Waals surface area contributed by atoms with Gasteiger partial charge < -0.3 is 19.5 Å². The molecule has 0 aliphatic carbocycles. The predicted octanol–water partition coefficient (Wildman–Crippen LogP) is 3.98. The highest BCUT2D eigenvalue weighted by Gasteiger charge is 2.24. The van der Waals surface area contributed by atoms with Gasteiger partial charge in [0.1, 0.15) is 0 Å². The van der Waals surface area contributed by atoms with Crippen LogP contribution in [0.5, 0.6) is 11.5 Å². The van der Waals surface area contributed by atoms with Crippen LogP contribution in [0.3, 0.4) is 0 Å². The molecule has 1 N–H and O–H groups in total. The van der Waals surface area contributed by atoms with Crippen molar-refractivity contribution in [2.45, 2.75) is 44.4 Å². The number of ether oxygens (including phenoxy) is 3. The Labute approximate surface area is 191 Å². The second-order valence-corrected chi connectivity index (χ2v) is 9.79. The first-order valence-corrected chi connectivity index (χ1v) is 11.2. The van der Waals surface area contributed by atoms with Crippen molar-refractivity contribution in [3.8, 4) is 11.5 Å². The van der Waals surface area contributed by atoms with E-state index in [0.29, 0.717) is 28.5 Å². The number of rotatable bonds is 8. The van der Waals surface area contributed by atoms with Gasteiger partial charge in [-0.15, -0.1) is 11.8 Å². The monoisotopic (exact) mass is 457 g/mol. The van der Waals surface area contributed by atoms with Gasteiger partial charge in [-0.05, 0) is 36.8 Å². The van der Waals surface area contributed by atoms with Gasteiger partial charge in [-0.3, -0.25) is 9.59 Å². The van der Waals surface area contributed by atoms with E-state index < -0.39 is 16.6 Å². The molecule has 1 aliphatic heterocycles. The molecule has 0 bridgehead atoms. The third-order valence-electron chi connectivity index (χ3n) is 4.85. The fraction of sp³-hybridized carbons (Fsp3) is 0.375. The first-order chi connectivity index (χ1) is 15.1. The van der Waals surface area contributed by atoms with Crippen LogP contribution in [0, 0.1) is 5.41 Å². The van der Waals surface area contributed by atoms with Crippen molar-refractivity contribution in [1.29, 1.82) is 0 Å². The molecule has 1 atom stereocenters. The second-order valence-electron chi connectivity index (χ2n) is 8.41. The van der Waals surface area contributed by atoms with Crippen molar-refractivity contribution in [3.63, 3.8) is 0 Å². The topological polar surface area (TPSA) is 90.9 Å². The maximum atomic E-state index is 12.6. The van der Waals surface area contributed by atoms with Crippen LogP contribution < -0.4 is 14.8 Å². The lowest BCUT2D eigenvalue weighted by Crippen LogP contribution is -2.30. The van der Waals surface area contributed by atoms with Crippen LogP contribution in [-0.4, -0.2) is 36.3 Å². The van der Waals surface area contributed by atoms with Crippen LogP contribution in [0.1, 0.15) is 43.6 Å². The number of carbonyl (C=O) groups is 3. The summed E-state index contributed by atoms with van der Waals surface area (Å²) in [5.41, 5.74) is 0.640. The van der Waals surface area contributed by atoms with E-state index in [4.69, 9.17) is 14.2 Å². The lowest BCUT2D eigenvalue weighted by Gasteiger charge is -2.17. The molecule has 0 radical (unpaired) electrons. The van der Waals surface area contributed by atoms with Crippen molar-refractivity contribution >= 4 is 29.4 Å². The molecular formula is C24H27NO6S. The van der Waals surface area contributed by atoms with E-state index in [1.165, 1.54) is 11.8 Å². The molecule has 1 aliphatic rings. The van der Waals surface area contributed by atoms with Gasteiger partial charge in [0, 0.05) is 16.9 Å². The molecule has 2 aromatic rings. The minimum absolute atomic E-state index is 0.160. The van der Waals surface area contributed by atoms with Crippen LogP contribution in [-0.2, 0) is 20.9 Å². The fourth-order valence-electron chi connectivity index (χ4n) is 2.79. The largest absolute Gasteiger partial charge is 0.454 e. The summed E-state index contributed by atoms with van der Waals surface area (Å²) in [6, 6.07) is 12.4. The number of benzene rings is 2. The molecular weight excluding hydrogens is 430 g/mol. The van der Waals surface area contributed by atoms with Crippen LogP contribution >= 0.6 is 11.8 Å². The van der Waals surface area contributed by atoms with Gasteiger partial charge in [-0.25, -0.2) is 4.79 Å². The molecule has 0 saturated carbocycles. The lowest BCUT2D eigenvalue weighted by atomic mass is 9.91. The first-order valence-electron chi connectivity index (χ1n) is 10.3. The highest BCUT2D eigenvalue weighted by Crippen LogP contribution is 2.32. The summed E-state index contributed by atoms with van der Waals surface area (Å²) in [4.78, 5) is 37.8. The molecule has 0 aromatic heterocycles. The Bertz CT molecular complexity index is 1010. The summed E-state index contributed by atoms with van der Waals surface area (Å²) >= 11 is 1.26. The Hall–Kier alpha value is -3.00. The molecule has 32 heavy (non-hydrogen) atoms. The number of thioether (sulfide) groups is 1. The van der Waals surface area contributed by atoms with Crippen LogP contribution in [0.4, 0.5) is 0 Å². The van der Waals surface area contributed by atoms with E-state index in [-0.39, 0.29) is 25.1 Å². The summed E-state index contributed by atoms with van der Waals surface area (Å²) < 4.78 is 15.9. The van der Waals surface area contributed by atoms with Gasteiger partial charge in [0.05, 0.1) is 10.8 Å². The Kier molecular flexibility index (Phi) is 7.45. The third-order valence-corrected chi connectivity index (χ3v) is 6.03. The van der Waals surface area contributed by atoms with Crippen LogP contribution in [0.15, 0.2) is 47.4 Å². The van der Waals surface area contributed by atoms with Crippen molar-refractivity contribution in [1.82, 2.24) is 5.32 Å². The van der Waals surface area contributed by atoms with Crippen molar-refractivity contribution in [3.05, 3.63) is 53.6 Å². The van der Waals surface area contributed by atoms with E-state index in [1.54, 1.807) is 52.0 Å². The average molecular weight is 458 g/mol. The molecule has 0 saturated heterocycles. The molecule has 1 heterocycles. The number of hydrogen-bond acceptors (Lipinski definition) is 7. The number of ketones is 1. The van der Waals surface area contributed by atoms with E-state index in [0.717, 1.165) is 5.56 Å². The minimum Gasteiger partial charge on any atom is -0.454 e. The van der Waals surface area contributed by atoms with E-state index in [2.05, 4.69) is 5.32 Å². The molecule has 7 nitrogen and oxygen atoms in total. The number of nitrogens with one attached hydrogen (secondary N) is 1. The van der Waals surface area contributed by atoms with Crippen molar-refractivity contribution in [2.24, 2.45) is 5.41 Å². The number of Topliss-reactive ketones (excluding diaryl/α,β-unsaturated/α-hetero) is 1. The quantitative estimate of drug-likeness (QED) is 0.473. The summed E-state index contributed by atoms with van der Waals surface area (Å²) in [6.07, 6.45) is 0. The van der Waals surface area contributed by atoms with Gasteiger partial charge in [-0.1, -0.05) is 39.0 Å². The normalized spacial score (nSPS) is 13.4. The number of carbonyl (C=O) groups excluding carboxylic acids is 3. The van der Waals surface area contributed by atoms with Crippen LogP contribution in [0.25, 0.3) is 0 Å². The molecule has 8 heteroatoms. The summed E-state index contributed by atoms with van der Waals surface area (Å²) in [5, 5.41) is 2.45. The zero-order valence-electron chi connectivity index (χ0n) is 18.6. The molecule has 1 amide bonds. The summed E-state index contributed by atoms with van der Waals surface area (Å²) in [6.45, 7) is 7.35. The summed E-state index contributed by atoms with van der Waals surface area (Å²) in [5.74, 6) is 0.443. The number of esters is 1. The van der Waals surface area contributed by atoms with Crippen molar-refractivity contribution in [2.75, 3.05) is 13.4 Å². The standard InChI is InChI=1S/C24H27NO6S/c1-15(22(27)25-12-16-9-10-18-19(11-16)31-14-30-18)32-20-8-6-5-7-17(20)23(28)29-13-21(26)24(2,3)4/h5-11,15H,12-14H2,1-4H3,(H,25,27)/t15-/m0/s1. The van der Waals surface area contributed by atoms with Gasteiger partial charge in [0.15, 0.2) is 23.9 Å².